The lowest BCUT2D eigenvalue weighted by atomic mass is 10.1. The summed E-state index contributed by atoms with van der Waals surface area (Å²) in [6.07, 6.45) is 1.31. The first kappa shape index (κ1) is 56.2. The number of carboxylic acid groups (broad SMARTS) is 1. The first-order chi connectivity index (χ1) is 36.6. The van der Waals surface area contributed by atoms with Crippen molar-refractivity contribution in [2.24, 2.45) is 0 Å². The molecule has 410 valence electrons. The minimum atomic E-state index is -3.98. The van der Waals surface area contributed by atoms with Crippen molar-refractivity contribution >= 4 is 53.8 Å². The maximum atomic E-state index is 14.3. The highest BCUT2D eigenvalue weighted by molar-refractivity contribution is 7.89. The van der Waals surface area contributed by atoms with Crippen molar-refractivity contribution in [1.82, 2.24) is 33.2 Å². The number of sulfonamides is 2. The van der Waals surface area contributed by atoms with E-state index in [-0.39, 0.29) is 79.4 Å². The standard InChI is InChI=1S/C28H29FN4O6S.C26H32FN3O6S/c1-18(2)39-22-7-9-23(10-8-22)40(36,37)32-16-20(14-21(32)17-38-27-5-3-4-12-30-27)33-26-13-19(29)6-11-24(26)25(31-33)15-28(34)35;1-16(2)35-21-6-8-22(9-7-21)37(33,34)29-14-19(12-20(29)15-31)30-25-11-18(27)5-10-23(25)24(28-30)13-26(32)36-17(3)4/h3-13,18,20-21H,14-17H2,1-2H3,(H,34,35);5-11,16-17,19-20,31H,12-15H2,1-4H3/t20-,21-;19-,20-/m11/s1. The van der Waals surface area contributed by atoms with Crippen LogP contribution in [0.15, 0.2) is 119 Å². The Kier molecular flexibility index (Phi) is 17.3. The first-order valence-corrected chi connectivity index (χ1v) is 28.0. The predicted octanol–water partition coefficient (Wildman–Crippen LogP) is 7.52. The van der Waals surface area contributed by atoms with Gasteiger partial charge in [-0.2, -0.15) is 18.8 Å². The summed E-state index contributed by atoms with van der Waals surface area (Å²) in [5, 5.41) is 29.6. The number of rotatable bonds is 19. The zero-order chi connectivity index (χ0) is 55.3. The molecule has 77 heavy (non-hydrogen) atoms. The lowest BCUT2D eigenvalue weighted by molar-refractivity contribution is -0.146. The van der Waals surface area contributed by atoms with Gasteiger partial charge in [-0.05, 0) is 145 Å². The number of carboxylic acids is 1. The van der Waals surface area contributed by atoms with Crippen LogP contribution >= 0.6 is 0 Å². The third kappa shape index (κ3) is 13.0. The number of fused-ring (bicyclic) bond motifs is 2. The van der Waals surface area contributed by atoms with Crippen LogP contribution < -0.4 is 14.2 Å². The summed E-state index contributed by atoms with van der Waals surface area (Å²) in [6.45, 7) is 10.7. The number of halogens is 2. The maximum absolute atomic E-state index is 14.3. The zero-order valence-corrected chi connectivity index (χ0v) is 44.9. The minimum absolute atomic E-state index is 0.0246. The number of benzene rings is 4. The fourth-order valence-electron chi connectivity index (χ4n) is 9.55. The van der Waals surface area contributed by atoms with Crippen molar-refractivity contribution in [3.05, 3.63) is 132 Å². The van der Waals surface area contributed by atoms with Crippen LogP contribution in [0.1, 0.15) is 77.9 Å². The van der Waals surface area contributed by atoms with Gasteiger partial charge in [0.15, 0.2) is 0 Å². The summed E-state index contributed by atoms with van der Waals surface area (Å²) in [4.78, 5) is 28.1. The number of hydrogen-bond donors (Lipinski definition) is 2. The van der Waals surface area contributed by atoms with Crippen LogP contribution in [0.5, 0.6) is 17.4 Å². The Morgan fingerprint density at radius 3 is 1.57 bits per heavy atom. The van der Waals surface area contributed by atoms with Crippen molar-refractivity contribution < 1.29 is 64.4 Å². The lowest BCUT2D eigenvalue weighted by Gasteiger charge is -2.24. The van der Waals surface area contributed by atoms with E-state index < -0.39 is 67.8 Å². The van der Waals surface area contributed by atoms with E-state index >= 15 is 0 Å². The number of esters is 1. The van der Waals surface area contributed by atoms with Crippen LogP contribution in [-0.2, 0) is 47.2 Å². The molecule has 2 aliphatic rings. The summed E-state index contributed by atoms with van der Waals surface area (Å²) in [5.74, 6) is -1.04. The van der Waals surface area contributed by atoms with E-state index in [4.69, 9.17) is 18.9 Å². The molecule has 2 saturated heterocycles. The molecule has 0 bridgehead atoms. The molecule has 2 aliphatic heterocycles. The summed E-state index contributed by atoms with van der Waals surface area (Å²) in [7, 11) is -7.93. The normalized spacial score (nSPS) is 18.3. The number of carbonyl (C=O) groups excluding carboxylic acids is 1. The molecule has 2 fully saturated rings. The Labute approximate surface area is 445 Å². The number of hydrogen-bond acceptors (Lipinski definition) is 14. The highest BCUT2D eigenvalue weighted by Crippen LogP contribution is 2.38. The molecule has 0 radical (unpaired) electrons. The second kappa shape index (κ2) is 23.7. The minimum Gasteiger partial charge on any atom is -0.491 e. The molecule has 5 heterocycles. The molecule has 4 aromatic carbocycles. The molecule has 23 heteroatoms. The van der Waals surface area contributed by atoms with E-state index in [0.717, 1.165) is 0 Å². The molecule has 2 N–H and O–H groups in total. The van der Waals surface area contributed by atoms with Crippen molar-refractivity contribution in [2.75, 3.05) is 26.3 Å². The van der Waals surface area contributed by atoms with Gasteiger partial charge in [-0.15, -0.1) is 0 Å². The third-order valence-corrected chi connectivity index (χ3v) is 16.6. The second-order valence-corrected chi connectivity index (χ2v) is 23.3. The van der Waals surface area contributed by atoms with Gasteiger partial charge in [-0.1, -0.05) is 6.07 Å². The van der Waals surface area contributed by atoms with E-state index in [1.807, 2.05) is 27.7 Å². The topological polar surface area (TPSA) is 235 Å². The number of aliphatic carboxylic acids is 1. The van der Waals surface area contributed by atoms with Gasteiger partial charge in [0, 0.05) is 36.1 Å². The lowest BCUT2D eigenvalue weighted by Crippen LogP contribution is -2.39. The molecular weight excluding hydrogens is 1040 g/mol. The van der Waals surface area contributed by atoms with E-state index in [2.05, 4.69) is 15.2 Å². The summed E-state index contributed by atoms with van der Waals surface area (Å²) in [5.41, 5.74) is 1.55. The Morgan fingerprint density at radius 2 is 1.13 bits per heavy atom. The van der Waals surface area contributed by atoms with Gasteiger partial charge in [0.25, 0.3) is 0 Å². The Bertz CT molecular complexity index is 3430. The largest absolute Gasteiger partial charge is 0.491 e. The number of nitrogens with zero attached hydrogens (tertiary/aromatic N) is 7. The van der Waals surface area contributed by atoms with Gasteiger partial charge in [-0.3, -0.25) is 19.0 Å². The van der Waals surface area contributed by atoms with Crippen molar-refractivity contribution in [3.63, 3.8) is 0 Å². The number of aliphatic hydroxyl groups is 1. The van der Waals surface area contributed by atoms with Gasteiger partial charge in [-0.25, -0.2) is 30.6 Å². The monoisotopic (exact) mass is 1100 g/mol. The van der Waals surface area contributed by atoms with Crippen molar-refractivity contribution in [1.29, 1.82) is 0 Å². The van der Waals surface area contributed by atoms with Gasteiger partial charge < -0.3 is 29.2 Å². The summed E-state index contributed by atoms with van der Waals surface area (Å²) < 4.78 is 111. The van der Waals surface area contributed by atoms with Gasteiger partial charge in [0.2, 0.25) is 25.9 Å². The zero-order valence-electron chi connectivity index (χ0n) is 43.3. The van der Waals surface area contributed by atoms with Crippen LogP contribution in [0.4, 0.5) is 8.78 Å². The third-order valence-electron chi connectivity index (χ3n) is 12.7. The molecule has 7 aromatic rings. The van der Waals surface area contributed by atoms with Gasteiger partial charge >= 0.3 is 11.9 Å². The molecule has 0 saturated carbocycles. The van der Waals surface area contributed by atoms with Crippen LogP contribution in [0, 0.1) is 11.6 Å². The van der Waals surface area contributed by atoms with E-state index in [1.165, 1.54) is 63.2 Å². The van der Waals surface area contributed by atoms with Gasteiger partial charge in [0.1, 0.15) is 29.7 Å². The van der Waals surface area contributed by atoms with Crippen LogP contribution in [0.3, 0.4) is 0 Å². The fraction of sp³-hybridized carbons (Fsp3) is 0.389. The van der Waals surface area contributed by atoms with E-state index in [9.17, 15) is 45.4 Å². The molecule has 0 aliphatic carbocycles. The molecule has 19 nitrogen and oxygen atoms in total. The highest BCUT2D eigenvalue weighted by Gasteiger charge is 2.44. The second-order valence-electron chi connectivity index (χ2n) is 19.6. The average molecular weight is 1100 g/mol. The number of ether oxygens (including phenoxy) is 4. The molecule has 0 amide bonds. The number of pyridine rings is 1. The number of aromatic nitrogens is 5. The van der Waals surface area contributed by atoms with Crippen LogP contribution in [0.25, 0.3) is 21.8 Å². The SMILES string of the molecule is CC(C)OC(=O)Cc1nn([C@@H]2C[C@H](CO)N(S(=O)(=O)c3ccc(OC(C)C)cc3)C2)c2cc(F)ccc12.CC(C)Oc1ccc(S(=O)(=O)N2C[C@H](n3nc(CC(=O)O)c4ccc(F)cc43)C[C@@H]2COc2ccccn2)cc1. The van der Waals surface area contributed by atoms with Crippen LogP contribution in [0.2, 0.25) is 0 Å². The van der Waals surface area contributed by atoms with Crippen LogP contribution in [-0.4, -0.2) is 129 Å². The summed E-state index contributed by atoms with van der Waals surface area (Å²) in [6, 6.07) is 23.5. The Hall–Kier alpha value is -7.05. The van der Waals surface area contributed by atoms with Crippen molar-refractivity contribution in [2.45, 2.75) is 119 Å². The number of carbonyl (C=O) groups is 2. The first-order valence-electron chi connectivity index (χ1n) is 25.1. The Morgan fingerprint density at radius 1 is 0.649 bits per heavy atom. The predicted molar refractivity (Wildman–Crippen MR) is 280 cm³/mol. The molecule has 0 unspecified atom stereocenters. The summed E-state index contributed by atoms with van der Waals surface area (Å²) >= 11 is 0. The fourth-order valence-corrected chi connectivity index (χ4v) is 12.9. The van der Waals surface area contributed by atoms with Crippen molar-refractivity contribution in [3.8, 4) is 17.4 Å². The quantitative estimate of drug-likeness (QED) is 0.0745. The molecular formula is C54H61F2N7O12S2. The van der Waals surface area contributed by atoms with E-state index in [1.54, 1.807) is 77.9 Å². The molecule has 0 spiro atoms. The molecule has 9 rings (SSSR count). The smallest absolute Gasteiger partial charge is 0.312 e. The molecule has 3 aromatic heterocycles. The van der Waals surface area contributed by atoms with Gasteiger partial charge in [0.05, 0.1) is 94.1 Å². The molecule has 4 atom stereocenters. The Balaban J connectivity index is 0.000000204. The maximum Gasteiger partial charge on any atom is 0.312 e. The average Bonchev–Trinajstić information content (AvgIpc) is 4.22. The van der Waals surface area contributed by atoms with E-state index in [0.29, 0.717) is 51.3 Å². The highest BCUT2D eigenvalue weighted by atomic mass is 32.2. The number of aliphatic hydroxyl groups excluding tert-OH is 1.